The molecular formula is C24H29N5O2. The highest BCUT2D eigenvalue weighted by atomic mass is 16.5. The lowest BCUT2D eigenvalue weighted by Gasteiger charge is -2.28. The highest BCUT2D eigenvalue weighted by molar-refractivity contribution is 5.90. The molecule has 7 nitrogen and oxygen atoms in total. The van der Waals surface area contributed by atoms with Crippen LogP contribution in [0.25, 0.3) is 5.57 Å². The van der Waals surface area contributed by atoms with E-state index >= 15 is 0 Å². The van der Waals surface area contributed by atoms with Crippen molar-refractivity contribution >= 4 is 29.0 Å². The molecular weight excluding hydrogens is 390 g/mol. The molecule has 1 aliphatic heterocycles. The minimum atomic E-state index is 0.660. The second-order valence-corrected chi connectivity index (χ2v) is 6.91. The maximum absolute atomic E-state index is 7.80. The Hall–Kier alpha value is -3.58. The summed E-state index contributed by atoms with van der Waals surface area (Å²) in [5, 5.41) is 11.2. The van der Waals surface area contributed by atoms with Gasteiger partial charge in [0, 0.05) is 60.3 Å². The molecule has 3 rings (SSSR count). The number of hydrogen-bond donors (Lipinski definition) is 3. The third-order valence-electron chi connectivity index (χ3n) is 4.97. The molecule has 162 valence electrons. The minimum absolute atomic E-state index is 0.660. The molecule has 0 unspecified atom stereocenters. The first-order valence-corrected chi connectivity index (χ1v) is 10.2. The van der Waals surface area contributed by atoms with Crippen LogP contribution in [0.1, 0.15) is 18.1 Å². The predicted octanol–water partition coefficient (Wildman–Crippen LogP) is 4.07. The number of nitrogens with zero attached hydrogens (tertiary/aromatic N) is 2. The Balaban J connectivity index is 1.92. The number of aromatic nitrogens is 1. The van der Waals surface area contributed by atoms with Gasteiger partial charge in [-0.25, -0.2) is 4.98 Å². The van der Waals surface area contributed by atoms with Crippen molar-refractivity contribution in [2.45, 2.75) is 6.92 Å². The van der Waals surface area contributed by atoms with Crippen molar-refractivity contribution in [1.29, 1.82) is 5.41 Å². The van der Waals surface area contributed by atoms with Crippen molar-refractivity contribution in [2.24, 2.45) is 5.73 Å². The van der Waals surface area contributed by atoms with Crippen LogP contribution in [0, 0.1) is 5.41 Å². The van der Waals surface area contributed by atoms with Gasteiger partial charge in [-0.05, 0) is 30.7 Å². The Labute approximate surface area is 183 Å². The van der Waals surface area contributed by atoms with E-state index in [0.29, 0.717) is 19.0 Å². The first-order valence-electron chi connectivity index (χ1n) is 10.2. The van der Waals surface area contributed by atoms with Crippen molar-refractivity contribution < 1.29 is 9.47 Å². The van der Waals surface area contributed by atoms with E-state index in [1.165, 1.54) is 12.4 Å². The number of pyridine rings is 1. The molecule has 0 bridgehead atoms. The molecule has 2 aromatic rings. The summed E-state index contributed by atoms with van der Waals surface area (Å²) in [6.07, 6.45) is 10.3. The zero-order valence-electron chi connectivity index (χ0n) is 18.0. The number of nitrogens with two attached hydrogens (primary N) is 1. The normalized spacial score (nSPS) is 15.2. The van der Waals surface area contributed by atoms with Gasteiger partial charge in [0.2, 0.25) is 0 Å². The summed E-state index contributed by atoms with van der Waals surface area (Å²) in [6, 6.07) is 9.71. The number of nitrogens with one attached hydrogen (secondary N) is 2. The van der Waals surface area contributed by atoms with Crippen LogP contribution in [0.4, 0.5) is 17.2 Å². The highest BCUT2D eigenvalue weighted by Crippen LogP contribution is 2.29. The van der Waals surface area contributed by atoms with Crippen LogP contribution >= 0.6 is 0 Å². The Morgan fingerprint density at radius 3 is 2.74 bits per heavy atom. The summed E-state index contributed by atoms with van der Waals surface area (Å²) in [4.78, 5) is 6.70. The molecule has 7 heteroatoms. The predicted molar refractivity (Wildman–Crippen MR) is 127 cm³/mol. The van der Waals surface area contributed by atoms with E-state index in [9.17, 15) is 0 Å². The monoisotopic (exact) mass is 419 g/mol. The van der Waals surface area contributed by atoms with Crippen LogP contribution in [0.15, 0.2) is 66.7 Å². The quantitative estimate of drug-likeness (QED) is 0.339. The Kier molecular flexibility index (Phi) is 7.84. The molecule has 1 aromatic heterocycles. The van der Waals surface area contributed by atoms with Gasteiger partial charge in [0.15, 0.2) is 0 Å². The lowest BCUT2D eigenvalue weighted by atomic mass is 10.0. The van der Waals surface area contributed by atoms with Gasteiger partial charge in [0.05, 0.1) is 20.3 Å². The van der Waals surface area contributed by atoms with E-state index in [2.05, 4.69) is 15.2 Å². The molecule has 2 heterocycles. The smallest absolute Gasteiger partial charge is 0.130 e. The standard InChI is InChI=1S/C24H29N5O2/c1-3-4-5-23(30-2)21(17-26)18-6-7-19(16-25)22(14-18)28-20-8-9-27-24(15-20)29-10-12-31-13-11-29/h3-9,14-17,25H,10-13,26H2,1-2H3,(H,27,28)/b4-3+,21-17-,23-5+,25-16?. The van der Waals surface area contributed by atoms with Crippen molar-refractivity contribution in [2.75, 3.05) is 43.6 Å². The van der Waals surface area contributed by atoms with Gasteiger partial charge in [-0.3, -0.25) is 0 Å². The lowest BCUT2D eigenvalue weighted by molar-refractivity contribution is 0.122. The van der Waals surface area contributed by atoms with Gasteiger partial charge in [-0.15, -0.1) is 0 Å². The van der Waals surface area contributed by atoms with E-state index in [-0.39, 0.29) is 0 Å². The average Bonchev–Trinajstić information content (AvgIpc) is 2.82. The first-order chi connectivity index (χ1) is 15.2. The van der Waals surface area contributed by atoms with Crippen molar-refractivity contribution in [3.8, 4) is 0 Å². The Morgan fingerprint density at radius 1 is 1.26 bits per heavy atom. The van der Waals surface area contributed by atoms with Gasteiger partial charge < -0.3 is 30.8 Å². The Bertz CT molecular complexity index is 991. The fourth-order valence-corrected chi connectivity index (χ4v) is 3.35. The molecule has 1 fully saturated rings. The van der Waals surface area contributed by atoms with Crippen LogP contribution in [0.2, 0.25) is 0 Å². The zero-order chi connectivity index (χ0) is 22.1. The molecule has 4 N–H and O–H groups in total. The van der Waals surface area contributed by atoms with Gasteiger partial charge in [-0.1, -0.05) is 24.3 Å². The lowest BCUT2D eigenvalue weighted by Crippen LogP contribution is -2.36. The van der Waals surface area contributed by atoms with Gasteiger partial charge >= 0.3 is 0 Å². The maximum Gasteiger partial charge on any atom is 0.130 e. The van der Waals surface area contributed by atoms with Crippen LogP contribution in [-0.2, 0) is 9.47 Å². The van der Waals surface area contributed by atoms with E-state index < -0.39 is 0 Å². The topological polar surface area (TPSA) is 96.5 Å². The second-order valence-electron chi connectivity index (χ2n) is 6.91. The SMILES string of the molecule is C/C=C/C=C(OC)\C(=C/N)c1ccc(C=N)c(Nc2ccnc(N3CCOCC3)c2)c1. The number of hydrogen-bond acceptors (Lipinski definition) is 7. The molecule has 0 saturated carbocycles. The van der Waals surface area contributed by atoms with Gasteiger partial charge in [-0.2, -0.15) is 0 Å². The van der Waals surface area contributed by atoms with Crippen LogP contribution in [0.5, 0.6) is 0 Å². The molecule has 0 aliphatic carbocycles. The third-order valence-corrected chi connectivity index (χ3v) is 4.97. The van der Waals surface area contributed by atoms with Gasteiger partial charge in [0.25, 0.3) is 0 Å². The number of methoxy groups -OCH3 is 1. The fraction of sp³-hybridized carbons (Fsp3) is 0.250. The molecule has 1 aliphatic rings. The van der Waals surface area contributed by atoms with E-state index in [0.717, 1.165) is 47.0 Å². The number of morpholine rings is 1. The van der Waals surface area contributed by atoms with Crippen LogP contribution in [-0.4, -0.2) is 44.6 Å². The largest absolute Gasteiger partial charge is 0.496 e. The number of anilines is 3. The minimum Gasteiger partial charge on any atom is -0.496 e. The fourth-order valence-electron chi connectivity index (χ4n) is 3.35. The van der Waals surface area contributed by atoms with Crippen molar-refractivity contribution in [3.63, 3.8) is 0 Å². The maximum atomic E-state index is 7.80. The highest BCUT2D eigenvalue weighted by Gasteiger charge is 2.14. The number of ether oxygens (including phenoxy) is 2. The van der Waals surface area contributed by atoms with Crippen LogP contribution < -0.4 is 16.0 Å². The number of rotatable bonds is 8. The summed E-state index contributed by atoms with van der Waals surface area (Å²) >= 11 is 0. The molecule has 0 spiro atoms. The summed E-state index contributed by atoms with van der Waals surface area (Å²) in [5.41, 5.74) is 10.0. The van der Waals surface area contributed by atoms with E-state index in [4.69, 9.17) is 20.6 Å². The third kappa shape index (κ3) is 5.52. The zero-order valence-corrected chi connectivity index (χ0v) is 18.0. The molecule has 0 radical (unpaired) electrons. The number of benzene rings is 1. The molecule has 1 saturated heterocycles. The number of allylic oxidation sites excluding steroid dienone is 4. The second kappa shape index (κ2) is 11.0. The van der Waals surface area contributed by atoms with Crippen LogP contribution in [0.3, 0.4) is 0 Å². The molecule has 0 atom stereocenters. The summed E-state index contributed by atoms with van der Waals surface area (Å²) in [6.45, 7) is 4.99. The summed E-state index contributed by atoms with van der Waals surface area (Å²) < 4.78 is 11.0. The van der Waals surface area contributed by atoms with E-state index in [1.54, 1.807) is 13.3 Å². The molecule has 1 aromatic carbocycles. The summed E-state index contributed by atoms with van der Waals surface area (Å²) in [5.74, 6) is 1.56. The Morgan fingerprint density at radius 2 is 2.06 bits per heavy atom. The van der Waals surface area contributed by atoms with Crippen molar-refractivity contribution in [3.05, 3.63) is 77.8 Å². The first kappa shape index (κ1) is 22.1. The van der Waals surface area contributed by atoms with Gasteiger partial charge in [0.1, 0.15) is 11.6 Å². The van der Waals surface area contributed by atoms with E-state index in [1.807, 2.05) is 55.5 Å². The van der Waals surface area contributed by atoms with Crippen molar-refractivity contribution in [1.82, 2.24) is 4.98 Å². The molecule has 31 heavy (non-hydrogen) atoms. The summed E-state index contributed by atoms with van der Waals surface area (Å²) in [7, 11) is 1.62. The average molecular weight is 420 g/mol. The molecule has 0 amide bonds.